The Hall–Kier alpha value is -0.460. The van der Waals surface area contributed by atoms with E-state index in [0.29, 0.717) is 0 Å². The fraction of sp³-hybridized carbons (Fsp3) is 0.750. The Balaban J connectivity index is 3.83. The second-order valence-electron chi connectivity index (χ2n) is 2.38. The molecule has 0 saturated carbocycles. The molecule has 0 aromatic rings. The van der Waals surface area contributed by atoms with Crippen molar-refractivity contribution in [3.8, 4) is 0 Å². The first-order valence-electron chi connectivity index (χ1n) is 3.42. The van der Waals surface area contributed by atoms with E-state index in [4.69, 9.17) is 4.74 Å². The van der Waals surface area contributed by atoms with Gasteiger partial charge in [0.05, 0.1) is 12.9 Å². The van der Waals surface area contributed by atoms with Crippen LogP contribution in [0.25, 0.3) is 0 Å². The molecule has 54 valence electrons. The van der Waals surface area contributed by atoms with Crippen molar-refractivity contribution in [3.05, 3.63) is 11.3 Å². The van der Waals surface area contributed by atoms with Crippen LogP contribution in [-0.2, 0) is 4.74 Å². The zero-order chi connectivity index (χ0) is 7.28. The van der Waals surface area contributed by atoms with E-state index in [0.717, 1.165) is 18.6 Å². The van der Waals surface area contributed by atoms with Crippen LogP contribution in [0.2, 0.25) is 0 Å². The minimum Gasteiger partial charge on any atom is -0.501 e. The molecular weight excluding hydrogens is 112 g/mol. The largest absolute Gasteiger partial charge is 0.501 e. The lowest BCUT2D eigenvalue weighted by Gasteiger charge is -2.05. The van der Waals surface area contributed by atoms with Crippen LogP contribution in [0.1, 0.15) is 33.6 Å². The van der Waals surface area contributed by atoms with Gasteiger partial charge in [0.1, 0.15) is 0 Å². The second-order valence-corrected chi connectivity index (χ2v) is 2.38. The number of hydrogen-bond acceptors (Lipinski definition) is 1. The lowest BCUT2D eigenvalue weighted by Crippen LogP contribution is -1.88. The molecule has 1 nitrogen and oxygen atoms in total. The average molecular weight is 128 g/mol. The summed E-state index contributed by atoms with van der Waals surface area (Å²) in [7, 11) is 1.73. The fourth-order valence-electron chi connectivity index (χ4n) is 0.783. The predicted molar refractivity (Wildman–Crippen MR) is 40.3 cm³/mol. The van der Waals surface area contributed by atoms with Gasteiger partial charge in [-0.25, -0.2) is 0 Å². The Morgan fingerprint density at radius 1 is 1.33 bits per heavy atom. The molecule has 0 heterocycles. The maximum Gasteiger partial charge on any atom is 0.0941 e. The van der Waals surface area contributed by atoms with Crippen molar-refractivity contribution < 1.29 is 4.74 Å². The van der Waals surface area contributed by atoms with Crippen LogP contribution in [0, 0.1) is 0 Å². The Bertz CT molecular complexity index is 99.1. The second kappa shape index (κ2) is 4.42. The molecule has 9 heavy (non-hydrogen) atoms. The third-order valence-corrected chi connectivity index (χ3v) is 1.28. The van der Waals surface area contributed by atoms with Gasteiger partial charge in [0.25, 0.3) is 0 Å². The van der Waals surface area contributed by atoms with E-state index in [2.05, 4.69) is 20.8 Å². The molecule has 0 aromatic carbocycles. The van der Waals surface area contributed by atoms with Crippen molar-refractivity contribution in [1.82, 2.24) is 0 Å². The number of ether oxygens (including phenoxy) is 1. The molecule has 0 unspecified atom stereocenters. The summed E-state index contributed by atoms with van der Waals surface area (Å²) in [6.45, 7) is 6.31. The lowest BCUT2D eigenvalue weighted by molar-refractivity contribution is 0.271. The molecule has 0 bridgehead atoms. The Morgan fingerprint density at radius 2 is 1.89 bits per heavy atom. The number of allylic oxidation sites excluding steroid dienone is 2. The zero-order valence-electron chi connectivity index (χ0n) is 6.82. The van der Waals surface area contributed by atoms with Crippen molar-refractivity contribution >= 4 is 0 Å². The van der Waals surface area contributed by atoms with E-state index in [1.165, 1.54) is 5.57 Å². The van der Waals surface area contributed by atoms with E-state index in [1.54, 1.807) is 7.11 Å². The summed E-state index contributed by atoms with van der Waals surface area (Å²) in [5, 5.41) is 0. The minimum absolute atomic E-state index is 1.07. The van der Waals surface area contributed by atoms with Gasteiger partial charge in [0, 0.05) is 6.42 Å². The van der Waals surface area contributed by atoms with Crippen LogP contribution >= 0.6 is 0 Å². The SMILES string of the molecule is CCCC(OC)=C(C)C. The maximum absolute atomic E-state index is 5.13. The standard InChI is InChI=1S/C8H16O/c1-5-6-8(9-4)7(2)3/h5-6H2,1-4H3. The van der Waals surface area contributed by atoms with Gasteiger partial charge < -0.3 is 4.74 Å². The first-order valence-corrected chi connectivity index (χ1v) is 3.42. The molecule has 0 rings (SSSR count). The van der Waals surface area contributed by atoms with Crippen molar-refractivity contribution in [2.45, 2.75) is 33.6 Å². The highest BCUT2D eigenvalue weighted by atomic mass is 16.5. The molecular formula is C8H16O. The molecule has 0 spiro atoms. The fourth-order valence-corrected chi connectivity index (χ4v) is 0.783. The normalized spacial score (nSPS) is 8.89. The van der Waals surface area contributed by atoms with Crippen LogP contribution in [0.15, 0.2) is 11.3 Å². The Kier molecular flexibility index (Phi) is 4.20. The summed E-state index contributed by atoms with van der Waals surface area (Å²) in [6, 6.07) is 0. The highest BCUT2D eigenvalue weighted by Gasteiger charge is 1.94. The Labute approximate surface area is 57.7 Å². The van der Waals surface area contributed by atoms with E-state index in [1.807, 2.05) is 0 Å². The van der Waals surface area contributed by atoms with Crippen LogP contribution in [-0.4, -0.2) is 7.11 Å². The van der Waals surface area contributed by atoms with Gasteiger partial charge in [-0.1, -0.05) is 6.92 Å². The molecule has 0 aliphatic carbocycles. The third kappa shape index (κ3) is 3.17. The molecule has 0 aliphatic heterocycles. The van der Waals surface area contributed by atoms with Gasteiger partial charge in [0.15, 0.2) is 0 Å². The first-order chi connectivity index (χ1) is 4.22. The topological polar surface area (TPSA) is 9.23 Å². The molecule has 0 atom stereocenters. The van der Waals surface area contributed by atoms with Gasteiger partial charge in [-0.05, 0) is 25.8 Å². The molecule has 0 saturated heterocycles. The van der Waals surface area contributed by atoms with Crippen molar-refractivity contribution in [2.75, 3.05) is 7.11 Å². The highest BCUT2D eigenvalue weighted by Crippen LogP contribution is 2.09. The minimum atomic E-state index is 1.07. The third-order valence-electron chi connectivity index (χ3n) is 1.28. The molecule has 0 aromatic heterocycles. The summed E-state index contributed by atoms with van der Waals surface area (Å²) < 4.78 is 5.13. The van der Waals surface area contributed by atoms with E-state index < -0.39 is 0 Å². The van der Waals surface area contributed by atoms with Gasteiger partial charge in [-0.15, -0.1) is 0 Å². The number of rotatable bonds is 3. The predicted octanol–water partition coefficient (Wildman–Crippen LogP) is 2.73. The molecule has 1 heteroatoms. The van der Waals surface area contributed by atoms with Crippen LogP contribution in [0.3, 0.4) is 0 Å². The van der Waals surface area contributed by atoms with E-state index >= 15 is 0 Å². The van der Waals surface area contributed by atoms with Gasteiger partial charge >= 0.3 is 0 Å². The van der Waals surface area contributed by atoms with Crippen LogP contribution in [0.5, 0.6) is 0 Å². The molecule has 0 amide bonds. The van der Waals surface area contributed by atoms with Crippen molar-refractivity contribution in [2.24, 2.45) is 0 Å². The van der Waals surface area contributed by atoms with E-state index in [-0.39, 0.29) is 0 Å². The van der Waals surface area contributed by atoms with Crippen LogP contribution < -0.4 is 0 Å². The van der Waals surface area contributed by atoms with Crippen molar-refractivity contribution in [1.29, 1.82) is 0 Å². The molecule has 0 N–H and O–H groups in total. The summed E-state index contributed by atoms with van der Waals surface area (Å²) in [5.74, 6) is 1.14. The Morgan fingerprint density at radius 3 is 2.00 bits per heavy atom. The monoisotopic (exact) mass is 128 g/mol. The smallest absolute Gasteiger partial charge is 0.0941 e. The molecule has 0 fully saturated rings. The highest BCUT2D eigenvalue weighted by molar-refractivity contribution is 5.01. The number of hydrogen-bond donors (Lipinski definition) is 0. The maximum atomic E-state index is 5.13. The van der Waals surface area contributed by atoms with Gasteiger partial charge in [-0.2, -0.15) is 0 Å². The molecule has 0 radical (unpaired) electrons. The van der Waals surface area contributed by atoms with Gasteiger partial charge in [0.2, 0.25) is 0 Å². The first kappa shape index (κ1) is 8.54. The summed E-state index contributed by atoms with van der Waals surface area (Å²) in [6.07, 6.45) is 2.23. The van der Waals surface area contributed by atoms with Crippen LogP contribution in [0.4, 0.5) is 0 Å². The van der Waals surface area contributed by atoms with E-state index in [9.17, 15) is 0 Å². The lowest BCUT2D eigenvalue weighted by atomic mass is 10.2. The summed E-state index contributed by atoms with van der Waals surface area (Å²) >= 11 is 0. The quantitative estimate of drug-likeness (QED) is 0.531. The zero-order valence-corrected chi connectivity index (χ0v) is 6.82. The van der Waals surface area contributed by atoms with Crippen molar-refractivity contribution in [3.63, 3.8) is 0 Å². The summed E-state index contributed by atoms with van der Waals surface area (Å²) in [5.41, 5.74) is 1.29. The number of methoxy groups -OCH3 is 1. The van der Waals surface area contributed by atoms with Gasteiger partial charge in [-0.3, -0.25) is 0 Å². The molecule has 0 aliphatic rings. The summed E-state index contributed by atoms with van der Waals surface area (Å²) in [4.78, 5) is 0. The average Bonchev–Trinajstić information content (AvgIpc) is 1.82.